The van der Waals surface area contributed by atoms with Crippen LogP contribution >= 0.6 is 0 Å². The van der Waals surface area contributed by atoms with Gasteiger partial charge in [0.15, 0.2) is 0 Å². The van der Waals surface area contributed by atoms with Crippen molar-refractivity contribution in [2.75, 3.05) is 19.6 Å². The van der Waals surface area contributed by atoms with Gasteiger partial charge in [-0.25, -0.2) is 4.68 Å². The first-order valence-corrected chi connectivity index (χ1v) is 10.9. The fourth-order valence-electron chi connectivity index (χ4n) is 5.02. The number of piperidine rings is 1. The van der Waals surface area contributed by atoms with Gasteiger partial charge in [0.2, 0.25) is 0 Å². The Hall–Kier alpha value is -2.43. The van der Waals surface area contributed by atoms with Gasteiger partial charge < -0.3 is 0 Å². The molecule has 2 bridgehead atoms. The Balaban J connectivity index is 1.29. The van der Waals surface area contributed by atoms with Crippen LogP contribution in [-0.4, -0.2) is 45.3 Å². The molecule has 3 fully saturated rings. The predicted molar refractivity (Wildman–Crippen MR) is 117 cm³/mol. The molecule has 3 aliphatic rings. The van der Waals surface area contributed by atoms with Crippen LogP contribution < -0.4 is 0 Å². The van der Waals surface area contributed by atoms with Gasteiger partial charge in [-0.05, 0) is 43.4 Å². The van der Waals surface area contributed by atoms with Gasteiger partial charge in [-0.15, -0.1) is 0 Å². The van der Waals surface area contributed by atoms with Crippen molar-refractivity contribution in [2.24, 2.45) is 5.92 Å². The maximum Gasteiger partial charge on any atom is 0.0645 e. The highest BCUT2D eigenvalue weighted by Gasteiger charge is 2.34. The predicted octanol–water partition coefficient (Wildman–Crippen LogP) is 4.28. The number of fused-ring (bicyclic) bond motifs is 4. The van der Waals surface area contributed by atoms with E-state index in [0.29, 0.717) is 6.04 Å². The van der Waals surface area contributed by atoms with Gasteiger partial charge in [0.1, 0.15) is 0 Å². The van der Waals surface area contributed by atoms with Crippen molar-refractivity contribution in [3.8, 4) is 5.69 Å². The van der Waals surface area contributed by atoms with Gasteiger partial charge in [-0.3, -0.25) is 9.80 Å². The highest BCUT2D eigenvalue weighted by molar-refractivity contribution is 5.32. The molecule has 3 aliphatic heterocycles. The Morgan fingerprint density at radius 1 is 0.862 bits per heavy atom. The van der Waals surface area contributed by atoms with Gasteiger partial charge in [0.05, 0.1) is 11.4 Å². The molecule has 6 rings (SSSR count). The van der Waals surface area contributed by atoms with Crippen LogP contribution in [0.25, 0.3) is 5.69 Å². The summed E-state index contributed by atoms with van der Waals surface area (Å²) < 4.78 is 2.03. The standard InChI is InChI=1S/C25H30N4/c1-20-23(18-29(26-20)24-10-6-3-7-11-24)17-27-14-22-12-13-25(19-27)28(16-22)15-21-8-4-2-5-9-21/h2-11,18,22,25H,12-17,19H2,1H3/t22-,25+/m1/s1. The van der Waals surface area contributed by atoms with E-state index in [4.69, 9.17) is 5.10 Å². The molecule has 150 valence electrons. The Morgan fingerprint density at radius 2 is 1.62 bits per heavy atom. The zero-order valence-electron chi connectivity index (χ0n) is 17.2. The van der Waals surface area contributed by atoms with Gasteiger partial charge in [-0.2, -0.15) is 5.10 Å². The smallest absolute Gasteiger partial charge is 0.0645 e. The number of nitrogens with zero attached hydrogens (tertiary/aromatic N) is 4. The minimum Gasteiger partial charge on any atom is -0.297 e. The third kappa shape index (κ3) is 4.14. The summed E-state index contributed by atoms with van der Waals surface area (Å²) in [5.74, 6) is 0.780. The zero-order chi connectivity index (χ0) is 19.6. The Labute approximate surface area is 173 Å². The second-order valence-corrected chi connectivity index (χ2v) is 8.73. The fourth-order valence-corrected chi connectivity index (χ4v) is 5.02. The second kappa shape index (κ2) is 8.13. The molecule has 0 spiro atoms. The van der Waals surface area contributed by atoms with Crippen LogP contribution in [0.3, 0.4) is 0 Å². The molecule has 0 radical (unpaired) electrons. The molecular weight excluding hydrogens is 356 g/mol. The molecule has 29 heavy (non-hydrogen) atoms. The van der Waals surface area contributed by atoms with Crippen molar-refractivity contribution >= 4 is 0 Å². The molecule has 2 aromatic carbocycles. The van der Waals surface area contributed by atoms with Crippen molar-refractivity contribution in [3.05, 3.63) is 83.7 Å². The number of para-hydroxylation sites is 1. The van der Waals surface area contributed by atoms with E-state index in [1.165, 1.54) is 43.6 Å². The maximum absolute atomic E-state index is 4.77. The Bertz CT molecular complexity index is 934. The molecule has 0 amide bonds. The van der Waals surface area contributed by atoms with Crippen molar-refractivity contribution in [2.45, 2.75) is 38.9 Å². The summed E-state index contributed by atoms with van der Waals surface area (Å²) in [6.07, 6.45) is 4.92. The lowest BCUT2D eigenvalue weighted by Gasteiger charge is -2.36. The van der Waals surface area contributed by atoms with Crippen molar-refractivity contribution in [1.82, 2.24) is 19.6 Å². The van der Waals surface area contributed by atoms with Gasteiger partial charge in [-0.1, -0.05) is 48.5 Å². The zero-order valence-corrected chi connectivity index (χ0v) is 17.2. The summed E-state index contributed by atoms with van der Waals surface area (Å²) in [5.41, 5.74) is 5.06. The molecule has 2 atom stereocenters. The summed E-state index contributed by atoms with van der Waals surface area (Å²) >= 11 is 0. The monoisotopic (exact) mass is 386 g/mol. The van der Waals surface area contributed by atoms with E-state index in [1.807, 2.05) is 4.68 Å². The van der Waals surface area contributed by atoms with Crippen molar-refractivity contribution < 1.29 is 0 Å². The van der Waals surface area contributed by atoms with Crippen LogP contribution in [0.5, 0.6) is 0 Å². The number of rotatable bonds is 5. The average Bonchev–Trinajstić information content (AvgIpc) is 2.91. The summed E-state index contributed by atoms with van der Waals surface area (Å²) in [5, 5.41) is 4.77. The lowest BCUT2D eigenvalue weighted by Crippen LogP contribution is -2.43. The first-order chi connectivity index (χ1) is 14.2. The Morgan fingerprint density at radius 3 is 2.41 bits per heavy atom. The molecule has 4 heteroatoms. The first kappa shape index (κ1) is 18.6. The van der Waals surface area contributed by atoms with E-state index in [1.54, 1.807) is 0 Å². The minimum atomic E-state index is 0.665. The molecule has 0 saturated carbocycles. The molecule has 1 aromatic heterocycles. The molecular formula is C25H30N4. The van der Waals surface area contributed by atoms with Gasteiger partial charge in [0, 0.05) is 50.5 Å². The van der Waals surface area contributed by atoms with Crippen LogP contribution in [-0.2, 0) is 13.1 Å². The van der Waals surface area contributed by atoms with Crippen molar-refractivity contribution in [1.29, 1.82) is 0 Å². The average molecular weight is 387 g/mol. The van der Waals surface area contributed by atoms with Crippen LogP contribution in [0.2, 0.25) is 0 Å². The van der Waals surface area contributed by atoms with E-state index in [2.05, 4.69) is 83.6 Å². The van der Waals surface area contributed by atoms with Crippen LogP contribution in [0.4, 0.5) is 0 Å². The molecule has 3 aromatic rings. The number of benzene rings is 2. The quantitative estimate of drug-likeness (QED) is 0.654. The third-order valence-electron chi connectivity index (χ3n) is 6.55. The van der Waals surface area contributed by atoms with Gasteiger partial charge in [0.25, 0.3) is 0 Å². The van der Waals surface area contributed by atoms with Crippen molar-refractivity contribution in [3.63, 3.8) is 0 Å². The van der Waals surface area contributed by atoms with E-state index in [-0.39, 0.29) is 0 Å². The number of hydrogen-bond acceptors (Lipinski definition) is 3. The van der Waals surface area contributed by atoms with Crippen LogP contribution in [0.15, 0.2) is 66.9 Å². The normalized spacial score (nSPS) is 22.7. The largest absolute Gasteiger partial charge is 0.297 e. The highest BCUT2D eigenvalue weighted by Crippen LogP contribution is 2.30. The number of aromatic nitrogens is 2. The SMILES string of the molecule is Cc1nn(-c2ccccc2)cc1CN1C[C@H]2CC[C@@H](C1)N(Cc1ccccc1)C2. The second-order valence-electron chi connectivity index (χ2n) is 8.73. The lowest BCUT2D eigenvalue weighted by molar-refractivity contribution is 0.123. The summed E-state index contributed by atoms with van der Waals surface area (Å²) in [6.45, 7) is 7.84. The van der Waals surface area contributed by atoms with Gasteiger partial charge >= 0.3 is 0 Å². The number of aryl methyl sites for hydroxylation is 1. The maximum atomic E-state index is 4.77. The molecule has 4 nitrogen and oxygen atoms in total. The van der Waals surface area contributed by atoms with E-state index >= 15 is 0 Å². The molecule has 0 unspecified atom stereocenters. The summed E-state index contributed by atoms with van der Waals surface area (Å²) in [4.78, 5) is 5.40. The van der Waals surface area contributed by atoms with E-state index in [9.17, 15) is 0 Å². The molecule has 3 saturated heterocycles. The van der Waals surface area contributed by atoms with Crippen LogP contribution in [0, 0.1) is 12.8 Å². The lowest BCUT2D eigenvalue weighted by atomic mass is 9.94. The molecule has 0 N–H and O–H groups in total. The third-order valence-corrected chi connectivity index (χ3v) is 6.55. The van der Waals surface area contributed by atoms with Crippen LogP contribution in [0.1, 0.15) is 29.7 Å². The summed E-state index contributed by atoms with van der Waals surface area (Å²) in [6, 6.07) is 22.0. The minimum absolute atomic E-state index is 0.665. The first-order valence-electron chi connectivity index (χ1n) is 10.9. The Kier molecular flexibility index (Phi) is 5.21. The van der Waals surface area contributed by atoms with E-state index < -0.39 is 0 Å². The summed E-state index contributed by atoms with van der Waals surface area (Å²) in [7, 11) is 0. The van der Waals surface area contributed by atoms with E-state index in [0.717, 1.165) is 30.4 Å². The highest BCUT2D eigenvalue weighted by atomic mass is 15.3. The fraction of sp³-hybridized carbons (Fsp3) is 0.400. The molecule has 4 heterocycles. The topological polar surface area (TPSA) is 24.3 Å². The number of hydrogen-bond donors (Lipinski definition) is 0. The molecule has 0 aliphatic carbocycles.